The lowest BCUT2D eigenvalue weighted by Crippen LogP contribution is -2.41. The van der Waals surface area contributed by atoms with E-state index < -0.39 is 9.84 Å². The summed E-state index contributed by atoms with van der Waals surface area (Å²) in [5.74, 6) is 4.37. The van der Waals surface area contributed by atoms with E-state index in [9.17, 15) is 8.42 Å². The van der Waals surface area contributed by atoms with Crippen molar-refractivity contribution >= 4 is 9.84 Å². The van der Waals surface area contributed by atoms with Crippen molar-refractivity contribution < 1.29 is 8.42 Å². The Morgan fingerprint density at radius 2 is 1.89 bits per heavy atom. The molecule has 1 N–H and O–H groups in total. The van der Waals surface area contributed by atoms with Crippen LogP contribution in [0.4, 0.5) is 0 Å². The Bertz CT molecular complexity index is 406. The summed E-state index contributed by atoms with van der Waals surface area (Å²) in [6.07, 6.45) is 7.03. The molecular weight excluding hydrogens is 246 g/mol. The van der Waals surface area contributed by atoms with Crippen LogP contribution in [0.1, 0.15) is 39.0 Å². The van der Waals surface area contributed by atoms with Gasteiger partial charge in [-0.3, -0.25) is 0 Å². The normalized spacial score (nSPS) is 42.4. The van der Waals surface area contributed by atoms with Gasteiger partial charge in [-0.1, -0.05) is 13.3 Å². The lowest BCUT2D eigenvalue weighted by atomic mass is 9.79. The van der Waals surface area contributed by atoms with Gasteiger partial charge in [0.2, 0.25) is 0 Å². The van der Waals surface area contributed by atoms with Crippen molar-refractivity contribution in [2.24, 2.45) is 23.7 Å². The van der Waals surface area contributed by atoms with Crippen molar-refractivity contribution in [3.63, 3.8) is 0 Å². The van der Waals surface area contributed by atoms with Crippen LogP contribution in [0, 0.1) is 23.7 Å². The van der Waals surface area contributed by atoms with Crippen molar-refractivity contribution in [2.45, 2.75) is 45.1 Å². The van der Waals surface area contributed by atoms with E-state index in [1.54, 1.807) is 6.92 Å². The van der Waals surface area contributed by atoms with E-state index in [-0.39, 0.29) is 5.75 Å². The Kier molecular flexibility index (Phi) is 3.43. The zero-order chi connectivity index (χ0) is 12.8. The van der Waals surface area contributed by atoms with E-state index in [1.807, 2.05) is 0 Å². The van der Waals surface area contributed by atoms with Crippen LogP contribution in [0.3, 0.4) is 0 Å². The minimum absolute atomic E-state index is 0.274. The van der Waals surface area contributed by atoms with E-state index in [2.05, 4.69) is 5.32 Å². The van der Waals surface area contributed by atoms with E-state index in [0.29, 0.717) is 18.3 Å². The van der Waals surface area contributed by atoms with Gasteiger partial charge in [0, 0.05) is 18.3 Å². The minimum atomic E-state index is -2.80. The van der Waals surface area contributed by atoms with Gasteiger partial charge in [0.05, 0.1) is 5.75 Å². The molecule has 18 heavy (non-hydrogen) atoms. The molecule has 3 aliphatic carbocycles. The molecule has 3 fully saturated rings. The van der Waals surface area contributed by atoms with Crippen molar-refractivity contribution in [1.82, 2.24) is 5.32 Å². The molecule has 2 bridgehead atoms. The molecule has 5 atom stereocenters. The summed E-state index contributed by atoms with van der Waals surface area (Å²) in [5.41, 5.74) is 0. The van der Waals surface area contributed by atoms with Crippen molar-refractivity contribution in [3.8, 4) is 0 Å². The average molecular weight is 271 g/mol. The van der Waals surface area contributed by atoms with E-state index in [1.165, 1.54) is 32.1 Å². The largest absolute Gasteiger partial charge is 0.313 e. The molecule has 0 aromatic rings. The predicted molar refractivity (Wildman–Crippen MR) is 73.2 cm³/mol. The van der Waals surface area contributed by atoms with Gasteiger partial charge in [0.1, 0.15) is 0 Å². The highest BCUT2D eigenvalue weighted by Crippen LogP contribution is 2.58. The molecule has 0 aromatic heterocycles. The van der Waals surface area contributed by atoms with E-state index in [0.717, 1.165) is 23.7 Å². The Labute approximate surface area is 111 Å². The summed E-state index contributed by atoms with van der Waals surface area (Å²) in [6, 6.07) is 0.612. The second-order valence-corrected chi connectivity index (χ2v) is 8.92. The molecule has 3 aliphatic rings. The highest BCUT2D eigenvalue weighted by atomic mass is 32.2. The number of sulfone groups is 1. The monoisotopic (exact) mass is 271 g/mol. The number of rotatable bonds is 5. The number of hydrogen-bond donors (Lipinski definition) is 1. The number of nitrogens with one attached hydrogen (secondary N) is 1. The summed E-state index contributed by atoms with van der Waals surface area (Å²) in [4.78, 5) is 0. The Hall–Kier alpha value is -0.0900. The van der Waals surface area contributed by atoms with Crippen LogP contribution in [0.2, 0.25) is 0 Å². The molecule has 0 aromatic carbocycles. The minimum Gasteiger partial charge on any atom is -0.313 e. The topological polar surface area (TPSA) is 46.2 Å². The lowest BCUT2D eigenvalue weighted by Gasteiger charge is -2.32. The summed E-state index contributed by atoms with van der Waals surface area (Å²) >= 11 is 0. The number of fused-ring (bicyclic) bond motifs is 5. The first-order valence-corrected chi connectivity index (χ1v) is 9.36. The third-order valence-corrected chi connectivity index (χ3v) is 7.39. The maximum absolute atomic E-state index is 11.5. The van der Waals surface area contributed by atoms with E-state index in [4.69, 9.17) is 0 Å². The van der Waals surface area contributed by atoms with Gasteiger partial charge in [-0.05, 0) is 49.4 Å². The van der Waals surface area contributed by atoms with Crippen LogP contribution in [0.25, 0.3) is 0 Å². The number of hydrogen-bond acceptors (Lipinski definition) is 3. The van der Waals surface area contributed by atoms with Crippen LogP contribution in [-0.4, -0.2) is 32.5 Å². The maximum Gasteiger partial charge on any atom is 0.151 e. The molecule has 3 saturated carbocycles. The van der Waals surface area contributed by atoms with Gasteiger partial charge in [-0.2, -0.15) is 0 Å². The van der Waals surface area contributed by atoms with Crippen molar-refractivity contribution in [1.29, 1.82) is 0 Å². The molecule has 0 amide bonds. The van der Waals surface area contributed by atoms with Crippen LogP contribution in [0.5, 0.6) is 0 Å². The Morgan fingerprint density at radius 1 is 1.11 bits per heavy atom. The molecule has 104 valence electrons. The van der Waals surface area contributed by atoms with Gasteiger partial charge in [0.15, 0.2) is 9.84 Å². The molecule has 0 spiro atoms. The van der Waals surface area contributed by atoms with Gasteiger partial charge in [-0.15, -0.1) is 0 Å². The summed E-state index contributed by atoms with van der Waals surface area (Å²) in [5, 5.41) is 3.54. The van der Waals surface area contributed by atoms with Gasteiger partial charge in [0.25, 0.3) is 0 Å². The van der Waals surface area contributed by atoms with E-state index >= 15 is 0 Å². The fourth-order valence-electron chi connectivity index (χ4n) is 4.85. The molecule has 0 unspecified atom stereocenters. The average Bonchev–Trinajstić information content (AvgIpc) is 3.00. The highest BCUT2D eigenvalue weighted by Gasteiger charge is 2.53. The van der Waals surface area contributed by atoms with Crippen LogP contribution in [-0.2, 0) is 9.84 Å². The summed E-state index contributed by atoms with van der Waals surface area (Å²) < 4.78 is 23.0. The predicted octanol–water partition coefficient (Wildman–Crippen LogP) is 1.84. The zero-order valence-electron chi connectivity index (χ0n) is 11.3. The first-order chi connectivity index (χ1) is 8.61. The highest BCUT2D eigenvalue weighted by molar-refractivity contribution is 7.91. The molecule has 3 rings (SSSR count). The van der Waals surface area contributed by atoms with Crippen LogP contribution >= 0.6 is 0 Å². The second-order valence-electron chi connectivity index (χ2n) is 6.45. The van der Waals surface area contributed by atoms with Crippen LogP contribution in [0.15, 0.2) is 0 Å². The molecular formula is C14H25NO2S. The summed E-state index contributed by atoms with van der Waals surface area (Å²) in [6.45, 7) is 2.39. The Balaban J connectivity index is 1.51. The zero-order valence-corrected chi connectivity index (χ0v) is 12.1. The fourth-order valence-corrected chi connectivity index (χ4v) is 5.56. The SMILES string of the molecule is CCS(=O)(=O)CCN[C@@H]1C[C@@H]2C[C@@H]1[C@H]1CCC[C@H]21. The standard InChI is InChI=1S/C14H25NO2S/c1-2-18(16,17)7-6-15-14-9-10-8-13(14)12-5-3-4-11(10)12/h10-15H,2-9H2,1H3/t10-,11+,12-,13+,14+/m0/s1. The maximum atomic E-state index is 11.5. The lowest BCUT2D eigenvalue weighted by molar-refractivity contribution is 0.211. The third kappa shape index (κ3) is 2.22. The molecule has 3 nitrogen and oxygen atoms in total. The molecule has 4 heteroatoms. The molecule has 0 aliphatic heterocycles. The molecule has 0 heterocycles. The second kappa shape index (κ2) is 4.78. The Morgan fingerprint density at radius 3 is 2.67 bits per heavy atom. The quantitative estimate of drug-likeness (QED) is 0.830. The first kappa shape index (κ1) is 12.9. The van der Waals surface area contributed by atoms with Crippen LogP contribution < -0.4 is 5.32 Å². The smallest absolute Gasteiger partial charge is 0.151 e. The van der Waals surface area contributed by atoms with Gasteiger partial charge < -0.3 is 5.32 Å². The molecule has 0 radical (unpaired) electrons. The van der Waals surface area contributed by atoms with Crippen molar-refractivity contribution in [2.75, 3.05) is 18.1 Å². The van der Waals surface area contributed by atoms with Gasteiger partial charge >= 0.3 is 0 Å². The third-order valence-electron chi connectivity index (χ3n) is 5.69. The first-order valence-electron chi connectivity index (χ1n) is 7.54. The molecule has 0 saturated heterocycles. The van der Waals surface area contributed by atoms with Gasteiger partial charge in [-0.25, -0.2) is 8.42 Å². The summed E-state index contributed by atoms with van der Waals surface area (Å²) in [7, 11) is -2.80. The fraction of sp³-hybridized carbons (Fsp3) is 1.00. The van der Waals surface area contributed by atoms with Crippen molar-refractivity contribution in [3.05, 3.63) is 0 Å².